The Morgan fingerprint density at radius 1 is 1.26 bits per heavy atom. The van der Waals surface area contributed by atoms with Crippen LogP contribution >= 0.6 is 22.7 Å². The Hall–Kier alpha value is -1.72. The summed E-state index contributed by atoms with van der Waals surface area (Å²) in [5.74, 6) is 0. The highest BCUT2D eigenvalue weighted by Crippen LogP contribution is 2.24. The smallest absolute Gasteiger partial charge is 0.123 e. The predicted octanol–water partition coefficient (Wildman–Crippen LogP) is 4.19. The summed E-state index contributed by atoms with van der Waals surface area (Å²) in [5, 5.41) is 9.63. The van der Waals surface area contributed by atoms with Crippen molar-refractivity contribution in [2.75, 3.05) is 5.32 Å². The van der Waals surface area contributed by atoms with Gasteiger partial charge in [-0.3, -0.25) is 0 Å². The number of aryl methyl sites for hydroxylation is 1. The highest BCUT2D eigenvalue weighted by Gasteiger charge is 2.02. The summed E-state index contributed by atoms with van der Waals surface area (Å²) in [5.41, 5.74) is 3.33. The van der Waals surface area contributed by atoms with Crippen LogP contribution in [0.5, 0.6) is 0 Å². The Kier molecular flexibility index (Phi) is 3.57. The number of hydrogen-bond donors (Lipinski definition) is 1. The van der Waals surface area contributed by atoms with Gasteiger partial charge >= 0.3 is 0 Å². The number of nitrogens with zero attached hydrogens (tertiary/aromatic N) is 2. The van der Waals surface area contributed by atoms with Gasteiger partial charge in [-0.15, -0.1) is 22.7 Å². The van der Waals surface area contributed by atoms with Crippen molar-refractivity contribution in [2.45, 2.75) is 13.5 Å². The van der Waals surface area contributed by atoms with Crippen molar-refractivity contribution in [3.63, 3.8) is 0 Å². The molecule has 0 fully saturated rings. The Morgan fingerprint density at radius 3 is 2.95 bits per heavy atom. The summed E-state index contributed by atoms with van der Waals surface area (Å²) < 4.78 is 0. The molecule has 96 valence electrons. The normalized spacial score (nSPS) is 10.6. The average molecular weight is 287 g/mol. The van der Waals surface area contributed by atoms with Crippen LogP contribution < -0.4 is 5.32 Å². The van der Waals surface area contributed by atoms with E-state index in [-0.39, 0.29) is 0 Å². The first-order chi connectivity index (χ1) is 9.31. The van der Waals surface area contributed by atoms with Crippen LogP contribution in [0.15, 0.2) is 41.2 Å². The molecule has 0 aliphatic heterocycles. The first-order valence-electron chi connectivity index (χ1n) is 5.96. The summed E-state index contributed by atoms with van der Waals surface area (Å²) in [6, 6.07) is 8.32. The second-order valence-electron chi connectivity index (χ2n) is 4.15. The van der Waals surface area contributed by atoms with Crippen molar-refractivity contribution in [1.82, 2.24) is 9.97 Å². The van der Waals surface area contributed by atoms with E-state index in [0.29, 0.717) is 0 Å². The third-order valence-corrected chi connectivity index (χ3v) is 4.44. The number of rotatable bonds is 4. The third kappa shape index (κ3) is 3.00. The van der Waals surface area contributed by atoms with Gasteiger partial charge in [0, 0.05) is 33.9 Å². The highest BCUT2D eigenvalue weighted by molar-refractivity contribution is 7.13. The molecular formula is C14H13N3S2. The molecule has 3 aromatic rings. The van der Waals surface area contributed by atoms with E-state index >= 15 is 0 Å². The molecule has 0 spiro atoms. The van der Waals surface area contributed by atoms with Crippen molar-refractivity contribution in [1.29, 1.82) is 0 Å². The van der Waals surface area contributed by atoms with Crippen LogP contribution in [0, 0.1) is 6.92 Å². The lowest BCUT2D eigenvalue weighted by Gasteiger charge is -2.05. The Morgan fingerprint density at radius 2 is 2.21 bits per heavy atom. The lowest BCUT2D eigenvalue weighted by Crippen LogP contribution is -1.98. The van der Waals surface area contributed by atoms with E-state index in [1.807, 2.05) is 24.6 Å². The molecule has 1 N–H and O–H groups in total. The van der Waals surface area contributed by atoms with Crippen LogP contribution in [0.25, 0.3) is 10.6 Å². The molecule has 2 heterocycles. The topological polar surface area (TPSA) is 37.8 Å². The lowest BCUT2D eigenvalue weighted by molar-refractivity contribution is 1.08. The largest absolute Gasteiger partial charge is 0.379 e. The minimum absolute atomic E-state index is 0.764. The SMILES string of the molecule is Cc1csc(CNc2cccc(-c3nccs3)c2)n1. The monoisotopic (exact) mass is 287 g/mol. The van der Waals surface area contributed by atoms with E-state index in [9.17, 15) is 0 Å². The molecular weight excluding hydrogens is 274 g/mol. The fraction of sp³-hybridized carbons (Fsp3) is 0.143. The molecule has 0 radical (unpaired) electrons. The van der Waals surface area contributed by atoms with Crippen LogP contribution in [0.3, 0.4) is 0 Å². The van der Waals surface area contributed by atoms with Crippen molar-refractivity contribution in [3.05, 3.63) is 51.9 Å². The molecule has 0 saturated heterocycles. The molecule has 0 aliphatic carbocycles. The fourth-order valence-corrected chi connectivity index (χ4v) is 3.14. The molecule has 2 aromatic heterocycles. The zero-order chi connectivity index (χ0) is 13.1. The van der Waals surface area contributed by atoms with Crippen LogP contribution in [0.2, 0.25) is 0 Å². The van der Waals surface area contributed by atoms with E-state index in [1.54, 1.807) is 22.7 Å². The Balaban J connectivity index is 1.73. The van der Waals surface area contributed by atoms with Gasteiger partial charge < -0.3 is 5.32 Å². The van der Waals surface area contributed by atoms with Crippen molar-refractivity contribution >= 4 is 28.4 Å². The van der Waals surface area contributed by atoms with Crippen LogP contribution in [-0.2, 0) is 6.54 Å². The van der Waals surface area contributed by atoms with Gasteiger partial charge in [-0.05, 0) is 19.1 Å². The zero-order valence-corrected chi connectivity index (χ0v) is 12.1. The molecule has 0 bridgehead atoms. The van der Waals surface area contributed by atoms with Gasteiger partial charge in [0.2, 0.25) is 0 Å². The fourth-order valence-electron chi connectivity index (χ4n) is 1.79. The lowest BCUT2D eigenvalue weighted by atomic mass is 10.2. The predicted molar refractivity (Wildman–Crippen MR) is 81.7 cm³/mol. The van der Waals surface area contributed by atoms with Gasteiger partial charge in [-0.2, -0.15) is 0 Å². The molecule has 0 amide bonds. The van der Waals surface area contributed by atoms with Gasteiger partial charge in [-0.1, -0.05) is 12.1 Å². The Bertz CT molecular complexity index is 659. The van der Waals surface area contributed by atoms with Crippen LogP contribution in [-0.4, -0.2) is 9.97 Å². The zero-order valence-electron chi connectivity index (χ0n) is 10.5. The number of hydrogen-bond acceptors (Lipinski definition) is 5. The van der Waals surface area contributed by atoms with Crippen molar-refractivity contribution < 1.29 is 0 Å². The highest BCUT2D eigenvalue weighted by atomic mass is 32.1. The summed E-state index contributed by atoms with van der Waals surface area (Å²) in [7, 11) is 0. The number of nitrogens with one attached hydrogen (secondary N) is 1. The van der Waals surface area contributed by atoms with Crippen molar-refractivity contribution in [3.8, 4) is 10.6 Å². The van der Waals surface area contributed by atoms with Gasteiger partial charge in [0.1, 0.15) is 10.0 Å². The molecule has 0 aliphatic rings. The first-order valence-corrected chi connectivity index (χ1v) is 7.72. The summed E-state index contributed by atoms with van der Waals surface area (Å²) in [6.45, 7) is 2.78. The molecule has 5 heteroatoms. The maximum atomic E-state index is 4.44. The van der Waals surface area contributed by atoms with E-state index in [4.69, 9.17) is 0 Å². The number of thiazole rings is 2. The third-order valence-electron chi connectivity index (χ3n) is 2.65. The van der Waals surface area contributed by atoms with Gasteiger partial charge in [0.25, 0.3) is 0 Å². The average Bonchev–Trinajstić information content (AvgIpc) is 3.08. The first kappa shape index (κ1) is 12.3. The minimum Gasteiger partial charge on any atom is -0.379 e. The molecule has 0 saturated carbocycles. The number of anilines is 1. The summed E-state index contributed by atoms with van der Waals surface area (Å²) in [4.78, 5) is 8.77. The van der Waals surface area contributed by atoms with E-state index in [0.717, 1.165) is 33.5 Å². The molecule has 1 aromatic carbocycles. The molecule has 3 rings (SSSR count). The van der Waals surface area contributed by atoms with E-state index < -0.39 is 0 Å². The second kappa shape index (κ2) is 5.50. The van der Waals surface area contributed by atoms with E-state index in [2.05, 4.69) is 38.9 Å². The standard InChI is InChI=1S/C14H13N3S2/c1-10-9-19-13(17-10)8-16-12-4-2-3-11(7-12)14-15-5-6-18-14/h2-7,9,16H,8H2,1H3. The van der Waals surface area contributed by atoms with Gasteiger partial charge in [0.05, 0.1) is 6.54 Å². The molecule has 0 unspecified atom stereocenters. The van der Waals surface area contributed by atoms with Gasteiger partial charge in [0.15, 0.2) is 0 Å². The van der Waals surface area contributed by atoms with E-state index in [1.165, 1.54) is 0 Å². The second-order valence-corrected chi connectivity index (χ2v) is 5.99. The summed E-state index contributed by atoms with van der Waals surface area (Å²) >= 11 is 3.34. The van der Waals surface area contributed by atoms with Crippen molar-refractivity contribution in [2.24, 2.45) is 0 Å². The molecule has 0 atom stereocenters. The Labute approximate surface area is 120 Å². The number of benzene rings is 1. The summed E-state index contributed by atoms with van der Waals surface area (Å²) in [6.07, 6.45) is 1.83. The molecule has 3 nitrogen and oxygen atoms in total. The quantitative estimate of drug-likeness (QED) is 0.782. The van der Waals surface area contributed by atoms with Gasteiger partial charge in [-0.25, -0.2) is 9.97 Å². The molecule has 19 heavy (non-hydrogen) atoms. The van der Waals surface area contributed by atoms with Crippen LogP contribution in [0.4, 0.5) is 5.69 Å². The maximum Gasteiger partial charge on any atom is 0.123 e. The van der Waals surface area contributed by atoms with Crippen LogP contribution in [0.1, 0.15) is 10.7 Å². The maximum absolute atomic E-state index is 4.44. The number of aromatic nitrogens is 2. The minimum atomic E-state index is 0.764.